The number of halogens is 1. The number of nitrogen functional groups attached to an aromatic ring is 1. The average molecular weight is 428 g/mol. The first kappa shape index (κ1) is 21.3. The molecule has 4 rings (SSSR count). The van der Waals surface area contributed by atoms with Crippen molar-refractivity contribution in [3.63, 3.8) is 0 Å². The molecule has 0 bridgehead atoms. The van der Waals surface area contributed by atoms with Crippen LogP contribution < -0.4 is 21.1 Å². The molecule has 0 amide bonds. The van der Waals surface area contributed by atoms with E-state index in [1.807, 2.05) is 6.07 Å². The Labute approximate surface area is 181 Å². The van der Waals surface area contributed by atoms with Gasteiger partial charge in [-0.3, -0.25) is 4.68 Å². The molecule has 1 aliphatic heterocycles. The number of nitrogens with one attached hydrogen (secondary N) is 2. The fourth-order valence-electron chi connectivity index (χ4n) is 4.17. The molecule has 0 spiro atoms. The van der Waals surface area contributed by atoms with Crippen molar-refractivity contribution in [3.05, 3.63) is 35.3 Å². The van der Waals surface area contributed by atoms with Crippen LogP contribution >= 0.6 is 0 Å². The molecule has 3 aromatic rings. The number of anilines is 2. The van der Waals surface area contributed by atoms with E-state index in [4.69, 9.17) is 10.5 Å². The molecule has 1 saturated heterocycles. The predicted octanol–water partition coefficient (Wildman–Crippen LogP) is 3.28. The predicted molar refractivity (Wildman–Crippen MR) is 120 cm³/mol. The van der Waals surface area contributed by atoms with E-state index in [1.54, 1.807) is 24.1 Å². The Kier molecular flexibility index (Phi) is 6.50. The summed E-state index contributed by atoms with van der Waals surface area (Å²) in [7, 11) is 1.62. The molecule has 0 atom stereocenters. The van der Waals surface area contributed by atoms with Crippen LogP contribution in [0.1, 0.15) is 49.7 Å². The van der Waals surface area contributed by atoms with Gasteiger partial charge in [-0.15, -0.1) is 0 Å². The highest BCUT2D eigenvalue weighted by Crippen LogP contribution is 2.33. The van der Waals surface area contributed by atoms with Gasteiger partial charge in [-0.1, -0.05) is 13.3 Å². The smallest absolute Gasteiger partial charge is 0.222 e. The third-order valence-electron chi connectivity index (χ3n) is 5.83. The number of nitrogens with zero attached hydrogens (tertiary/aromatic N) is 4. The highest BCUT2D eigenvalue weighted by molar-refractivity contribution is 5.86. The van der Waals surface area contributed by atoms with Crippen LogP contribution in [0.2, 0.25) is 0 Å². The molecule has 9 heteroatoms. The molecule has 2 aromatic heterocycles. The number of hydrogen-bond donors (Lipinski definition) is 3. The number of aromatic nitrogens is 4. The maximum atomic E-state index is 15.1. The molecule has 31 heavy (non-hydrogen) atoms. The summed E-state index contributed by atoms with van der Waals surface area (Å²) in [4.78, 5) is 8.66. The van der Waals surface area contributed by atoms with Crippen molar-refractivity contribution < 1.29 is 9.13 Å². The average Bonchev–Trinajstić information content (AvgIpc) is 3.17. The van der Waals surface area contributed by atoms with E-state index in [-0.39, 0.29) is 17.7 Å². The molecular formula is C22H30FN7O. The summed E-state index contributed by atoms with van der Waals surface area (Å²) in [6.45, 7) is 5.06. The molecule has 4 N–H and O–H groups in total. The van der Waals surface area contributed by atoms with E-state index in [9.17, 15) is 0 Å². The van der Waals surface area contributed by atoms with Crippen LogP contribution in [0.4, 0.5) is 16.2 Å². The number of unbranched alkanes of at least 4 members (excludes halogenated alkanes) is 1. The molecule has 0 aliphatic carbocycles. The lowest BCUT2D eigenvalue weighted by Gasteiger charge is -2.24. The number of nitrogens with two attached hydrogens (primary N) is 1. The van der Waals surface area contributed by atoms with Crippen molar-refractivity contribution in [3.8, 4) is 5.75 Å². The van der Waals surface area contributed by atoms with Gasteiger partial charge < -0.3 is 21.1 Å². The Hall–Kier alpha value is -2.94. The lowest BCUT2D eigenvalue weighted by Crippen LogP contribution is -2.27. The lowest BCUT2D eigenvalue weighted by atomic mass is 9.89. The third-order valence-corrected chi connectivity index (χ3v) is 5.83. The Bertz CT molecular complexity index is 1050. The van der Waals surface area contributed by atoms with Crippen LogP contribution in [0.15, 0.2) is 18.3 Å². The Morgan fingerprint density at radius 3 is 2.84 bits per heavy atom. The van der Waals surface area contributed by atoms with Crippen LogP contribution in [0.25, 0.3) is 11.0 Å². The molecule has 0 unspecified atom stereocenters. The summed E-state index contributed by atoms with van der Waals surface area (Å²) in [6, 6.07) is 3.42. The minimum Gasteiger partial charge on any atom is -0.496 e. The number of ether oxygens (including phenoxy) is 1. The van der Waals surface area contributed by atoms with E-state index in [0.717, 1.165) is 62.0 Å². The number of methoxy groups -OCH3 is 1. The Morgan fingerprint density at radius 1 is 1.29 bits per heavy atom. The van der Waals surface area contributed by atoms with Crippen LogP contribution in [0.5, 0.6) is 5.75 Å². The van der Waals surface area contributed by atoms with Gasteiger partial charge in [0.2, 0.25) is 5.95 Å². The zero-order valence-corrected chi connectivity index (χ0v) is 18.1. The lowest BCUT2D eigenvalue weighted by molar-refractivity contribution is 0.400. The van der Waals surface area contributed by atoms with Gasteiger partial charge in [-0.05, 0) is 56.0 Å². The number of piperidine rings is 1. The second-order valence-electron chi connectivity index (χ2n) is 7.96. The van der Waals surface area contributed by atoms with Crippen molar-refractivity contribution >= 4 is 22.8 Å². The Balaban J connectivity index is 1.67. The third kappa shape index (κ3) is 4.56. The SMILES string of the molecule is CCCCNc1nc(N)nc2cnn(Cc3cc(F)c(C4CCNCC4)cc3OC)c12. The minimum absolute atomic E-state index is 0.194. The molecule has 1 fully saturated rings. The fourth-order valence-corrected chi connectivity index (χ4v) is 4.17. The van der Waals surface area contributed by atoms with Gasteiger partial charge in [-0.2, -0.15) is 10.1 Å². The first-order chi connectivity index (χ1) is 15.1. The van der Waals surface area contributed by atoms with Gasteiger partial charge in [0.15, 0.2) is 5.82 Å². The fraction of sp³-hybridized carbons (Fsp3) is 0.500. The van der Waals surface area contributed by atoms with Crippen LogP contribution in [-0.4, -0.2) is 46.5 Å². The molecule has 3 heterocycles. The van der Waals surface area contributed by atoms with Gasteiger partial charge in [0.1, 0.15) is 22.6 Å². The minimum atomic E-state index is -0.194. The summed E-state index contributed by atoms with van der Waals surface area (Å²) in [5, 5.41) is 11.1. The van der Waals surface area contributed by atoms with E-state index >= 15 is 4.39 Å². The second-order valence-corrected chi connectivity index (χ2v) is 7.96. The van der Waals surface area contributed by atoms with Crippen molar-refractivity contribution in [2.24, 2.45) is 0 Å². The van der Waals surface area contributed by atoms with Gasteiger partial charge in [-0.25, -0.2) is 9.37 Å². The number of rotatable bonds is 8. The molecule has 166 valence electrons. The summed E-state index contributed by atoms with van der Waals surface area (Å²) >= 11 is 0. The summed E-state index contributed by atoms with van der Waals surface area (Å²) < 4.78 is 22.5. The van der Waals surface area contributed by atoms with E-state index in [2.05, 4.69) is 32.6 Å². The van der Waals surface area contributed by atoms with Crippen LogP contribution in [0, 0.1) is 5.82 Å². The summed E-state index contributed by atoms with van der Waals surface area (Å²) in [5.74, 6) is 1.51. The largest absolute Gasteiger partial charge is 0.496 e. The second kappa shape index (κ2) is 9.47. The maximum absolute atomic E-state index is 15.1. The van der Waals surface area contributed by atoms with E-state index < -0.39 is 0 Å². The first-order valence-electron chi connectivity index (χ1n) is 10.9. The van der Waals surface area contributed by atoms with Crippen LogP contribution in [0.3, 0.4) is 0 Å². The number of benzene rings is 1. The normalized spacial score (nSPS) is 14.8. The number of hydrogen-bond acceptors (Lipinski definition) is 7. The van der Waals surface area contributed by atoms with E-state index in [0.29, 0.717) is 23.6 Å². The molecule has 8 nitrogen and oxygen atoms in total. The summed E-state index contributed by atoms with van der Waals surface area (Å²) in [5.41, 5.74) is 8.71. The van der Waals surface area contributed by atoms with Gasteiger partial charge in [0, 0.05) is 12.1 Å². The topological polar surface area (TPSA) is 103 Å². The monoisotopic (exact) mass is 427 g/mol. The van der Waals surface area contributed by atoms with Gasteiger partial charge >= 0.3 is 0 Å². The Morgan fingerprint density at radius 2 is 2.10 bits per heavy atom. The zero-order valence-electron chi connectivity index (χ0n) is 18.1. The molecule has 0 saturated carbocycles. The van der Waals surface area contributed by atoms with Crippen molar-refractivity contribution in [1.29, 1.82) is 0 Å². The molecular weight excluding hydrogens is 397 g/mol. The highest BCUT2D eigenvalue weighted by atomic mass is 19.1. The molecule has 0 radical (unpaired) electrons. The number of fused-ring (bicyclic) bond motifs is 1. The zero-order chi connectivity index (χ0) is 21.8. The van der Waals surface area contributed by atoms with Crippen molar-refractivity contribution in [1.82, 2.24) is 25.1 Å². The molecule has 1 aliphatic rings. The molecule has 1 aromatic carbocycles. The highest BCUT2D eigenvalue weighted by Gasteiger charge is 2.22. The van der Waals surface area contributed by atoms with E-state index in [1.165, 1.54) is 0 Å². The van der Waals surface area contributed by atoms with Crippen molar-refractivity contribution in [2.45, 2.75) is 45.1 Å². The quantitative estimate of drug-likeness (QED) is 0.474. The van der Waals surface area contributed by atoms with Crippen LogP contribution in [-0.2, 0) is 6.54 Å². The van der Waals surface area contributed by atoms with Gasteiger partial charge in [0.05, 0.1) is 19.9 Å². The maximum Gasteiger partial charge on any atom is 0.222 e. The van der Waals surface area contributed by atoms with Crippen molar-refractivity contribution in [2.75, 3.05) is 37.8 Å². The first-order valence-corrected chi connectivity index (χ1v) is 10.9. The standard InChI is InChI=1S/C22H30FN7O/c1-3-4-7-26-21-20-18(28-22(24)29-21)12-27-30(20)13-15-10-17(23)16(11-19(15)31-2)14-5-8-25-9-6-14/h10-12,14,25H,3-9,13H2,1-2H3,(H3,24,26,28,29). The van der Waals surface area contributed by atoms with Gasteiger partial charge in [0.25, 0.3) is 0 Å². The summed E-state index contributed by atoms with van der Waals surface area (Å²) in [6.07, 6.45) is 5.58.